The van der Waals surface area contributed by atoms with Crippen molar-refractivity contribution < 1.29 is 9.90 Å². The van der Waals surface area contributed by atoms with E-state index < -0.39 is 0 Å². The summed E-state index contributed by atoms with van der Waals surface area (Å²) in [4.78, 5) is 10.6. The smallest absolute Gasteiger partial charge is 0.156 e. The van der Waals surface area contributed by atoms with Gasteiger partial charge in [0.1, 0.15) is 5.76 Å². The molecule has 0 aliphatic heterocycles. The Morgan fingerprint density at radius 1 is 1.13 bits per heavy atom. The zero-order valence-corrected chi connectivity index (χ0v) is 9.47. The molecule has 0 aromatic rings. The summed E-state index contributed by atoms with van der Waals surface area (Å²) in [6.45, 7) is 5.59. The summed E-state index contributed by atoms with van der Waals surface area (Å²) in [6.07, 6.45) is 12.0. The van der Waals surface area contributed by atoms with E-state index >= 15 is 0 Å². The molecule has 0 bridgehead atoms. The fourth-order valence-electron chi connectivity index (χ4n) is 0.825. The van der Waals surface area contributed by atoms with Gasteiger partial charge in [-0.15, -0.1) is 0 Å². The maximum Gasteiger partial charge on any atom is 0.156 e. The minimum Gasteiger partial charge on any atom is -0.508 e. The van der Waals surface area contributed by atoms with E-state index in [2.05, 4.69) is 19.9 Å². The van der Waals surface area contributed by atoms with Gasteiger partial charge in [0.15, 0.2) is 5.78 Å². The van der Waals surface area contributed by atoms with E-state index in [1.54, 1.807) is 12.2 Å². The van der Waals surface area contributed by atoms with Gasteiger partial charge in [-0.25, -0.2) is 0 Å². The van der Waals surface area contributed by atoms with Crippen LogP contribution in [-0.2, 0) is 4.79 Å². The number of aliphatic hydroxyl groups excluding tert-OH is 1. The van der Waals surface area contributed by atoms with Crippen molar-refractivity contribution in [3.63, 3.8) is 0 Å². The molecule has 0 aliphatic rings. The third-order valence-corrected chi connectivity index (χ3v) is 1.45. The van der Waals surface area contributed by atoms with E-state index in [0.29, 0.717) is 5.92 Å². The normalized spacial score (nSPS) is 13.7. The summed E-state index contributed by atoms with van der Waals surface area (Å²) in [5.74, 6) is 0.338. The molecule has 0 spiro atoms. The monoisotopic (exact) mass is 206 g/mol. The molecule has 0 aliphatic carbocycles. The lowest BCUT2D eigenvalue weighted by atomic mass is 10.2. The van der Waals surface area contributed by atoms with Gasteiger partial charge in [-0.05, 0) is 18.9 Å². The molecule has 0 saturated heterocycles. The van der Waals surface area contributed by atoms with Crippen LogP contribution in [0.4, 0.5) is 0 Å². The van der Waals surface area contributed by atoms with Crippen LogP contribution in [0.15, 0.2) is 48.3 Å². The highest BCUT2D eigenvalue weighted by atomic mass is 16.3. The molecule has 1 N–H and O–H groups in total. The molecule has 0 radical (unpaired) electrons. The Hall–Kier alpha value is -1.57. The first-order valence-corrected chi connectivity index (χ1v) is 4.95. The van der Waals surface area contributed by atoms with Gasteiger partial charge in [0.05, 0.1) is 0 Å². The number of aliphatic hydroxyl groups is 1. The Morgan fingerprint density at radius 3 is 2.27 bits per heavy atom. The van der Waals surface area contributed by atoms with Crippen molar-refractivity contribution in [1.82, 2.24) is 0 Å². The first-order valence-electron chi connectivity index (χ1n) is 4.95. The van der Waals surface area contributed by atoms with Crippen LogP contribution >= 0.6 is 0 Å². The second kappa shape index (κ2) is 7.80. The average Bonchev–Trinajstić information content (AvgIpc) is 2.09. The number of rotatable bonds is 5. The Labute approximate surface area is 91.3 Å². The molecule has 0 amide bonds. The summed E-state index contributed by atoms with van der Waals surface area (Å²) in [7, 11) is 0. The van der Waals surface area contributed by atoms with Crippen LogP contribution in [0.3, 0.4) is 0 Å². The Kier molecular flexibility index (Phi) is 6.98. The molecule has 0 heterocycles. The third-order valence-electron chi connectivity index (χ3n) is 1.45. The van der Waals surface area contributed by atoms with Crippen LogP contribution in [0.1, 0.15) is 20.8 Å². The largest absolute Gasteiger partial charge is 0.508 e. The van der Waals surface area contributed by atoms with Crippen LogP contribution < -0.4 is 0 Å². The Bertz CT molecular complexity index is 304. The maximum absolute atomic E-state index is 10.6. The fourth-order valence-corrected chi connectivity index (χ4v) is 0.825. The first-order chi connectivity index (χ1) is 7.02. The maximum atomic E-state index is 10.6. The average molecular weight is 206 g/mol. The summed E-state index contributed by atoms with van der Waals surface area (Å²) in [5, 5.41) is 9.17. The van der Waals surface area contributed by atoms with E-state index in [4.69, 9.17) is 5.11 Å². The van der Waals surface area contributed by atoms with Crippen molar-refractivity contribution in [1.29, 1.82) is 0 Å². The molecular weight excluding hydrogens is 188 g/mol. The minimum atomic E-state index is -0.166. The van der Waals surface area contributed by atoms with Crippen molar-refractivity contribution in [3.05, 3.63) is 48.3 Å². The SMILES string of the molecule is CC(=O)C=C(O)C=CC=CC=CC(C)C. The standard InChI is InChI=1S/C13H18O2/c1-11(2)8-6-4-5-7-9-13(15)10-12(3)14/h4-11,15H,1-3H3. The van der Waals surface area contributed by atoms with Crippen LogP contribution in [0.25, 0.3) is 0 Å². The second-order valence-corrected chi connectivity index (χ2v) is 3.55. The predicted octanol–water partition coefficient (Wildman–Crippen LogP) is 3.34. The van der Waals surface area contributed by atoms with E-state index in [1.807, 2.05) is 12.2 Å². The number of hydrogen-bond acceptors (Lipinski definition) is 2. The quantitative estimate of drug-likeness (QED) is 0.425. The first kappa shape index (κ1) is 13.4. The Morgan fingerprint density at radius 2 is 1.73 bits per heavy atom. The Balaban J connectivity index is 4.05. The molecule has 82 valence electrons. The van der Waals surface area contributed by atoms with Gasteiger partial charge in [0.2, 0.25) is 0 Å². The molecule has 0 saturated carbocycles. The summed E-state index contributed by atoms with van der Waals surface area (Å²) in [6, 6.07) is 0. The molecule has 0 aromatic heterocycles. The van der Waals surface area contributed by atoms with Crippen LogP contribution in [0.2, 0.25) is 0 Å². The molecule has 0 aromatic carbocycles. The number of carbonyl (C=O) groups excluding carboxylic acids is 1. The summed E-state index contributed by atoms with van der Waals surface area (Å²) < 4.78 is 0. The van der Waals surface area contributed by atoms with Gasteiger partial charge >= 0.3 is 0 Å². The fraction of sp³-hybridized carbons (Fsp3) is 0.308. The molecule has 2 heteroatoms. The molecule has 0 atom stereocenters. The highest BCUT2D eigenvalue weighted by Crippen LogP contribution is 1.95. The number of ketones is 1. The summed E-state index contributed by atoms with van der Waals surface area (Å²) >= 11 is 0. The molecule has 0 rings (SSSR count). The van der Waals surface area contributed by atoms with Crippen LogP contribution in [0.5, 0.6) is 0 Å². The van der Waals surface area contributed by atoms with Crippen molar-refractivity contribution in [2.45, 2.75) is 20.8 Å². The second-order valence-electron chi connectivity index (χ2n) is 3.55. The number of carbonyl (C=O) groups is 1. The molecule has 0 unspecified atom stereocenters. The lowest BCUT2D eigenvalue weighted by Gasteiger charge is -1.88. The summed E-state index contributed by atoms with van der Waals surface area (Å²) in [5.41, 5.74) is 0. The molecular formula is C13H18O2. The van der Waals surface area contributed by atoms with Gasteiger partial charge in [-0.1, -0.05) is 44.2 Å². The van der Waals surface area contributed by atoms with Gasteiger partial charge in [0, 0.05) is 6.08 Å². The highest BCUT2D eigenvalue weighted by molar-refractivity contribution is 5.87. The van der Waals surface area contributed by atoms with E-state index in [1.165, 1.54) is 19.1 Å². The van der Waals surface area contributed by atoms with Gasteiger partial charge in [-0.2, -0.15) is 0 Å². The van der Waals surface area contributed by atoms with Crippen molar-refractivity contribution in [2.75, 3.05) is 0 Å². The lowest BCUT2D eigenvalue weighted by Crippen LogP contribution is -1.84. The van der Waals surface area contributed by atoms with Gasteiger partial charge in [-0.3, -0.25) is 4.79 Å². The van der Waals surface area contributed by atoms with E-state index in [-0.39, 0.29) is 11.5 Å². The molecule has 0 fully saturated rings. The van der Waals surface area contributed by atoms with Crippen molar-refractivity contribution >= 4 is 5.78 Å². The van der Waals surface area contributed by atoms with E-state index in [9.17, 15) is 4.79 Å². The molecule has 2 nitrogen and oxygen atoms in total. The highest BCUT2D eigenvalue weighted by Gasteiger charge is 1.87. The third kappa shape index (κ3) is 10.4. The molecule has 15 heavy (non-hydrogen) atoms. The zero-order valence-electron chi connectivity index (χ0n) is 9.47. The van der Waals surface area contributed by atoms with Gasteiger partial charge in [0.25, 0.3) is 0 Å². The van der Waals surface area contributed by atoms with Crippen molar-refractivity contribution in [2.24, 2.45) is 5.92 Å². The zero-order chi connectivity index (χ0) is 11.7. The topological polar surface area (TPSA) is 37.3 Å². The minimum absolute atomic E-state index is 0.0278. The van der Waals surface area contributed by atoms with Crippen LogP contribution in [-0.4, -0.2) is 10.9 Å². The van der Waals surface area contributed by atoms with E-state index in [0.717, 1.165) is 0 Å². The number of allylic oxidation sites excluding steroid dienone is 7. The van der Waals surface area contributed by atoms with Crippen LogP contribution in [0, 0.1) is 5.92 Å². The van der Waals surface area contributed by atoms with Gasteiger partial charge < -0.3 is 5.11 Å². The number of hydrogen-bond donors (Lipinski definition) is 1. The van der Waals surface area contributed by atoms with Crippen molar-refractivity contribution in [3.8, 4) is 0 Å². The lowest BCUT2D eigenvalue weighted by molar-refractivity contribution is -0.112. The predicted molar refractivity (Wildman–Crippen MR) is 63.7 cm³/mol.